The van der Waals surface area contributed by atoms with Crippen LogP contribution in [0.5, 0.6) is 11.5 Å². The highest BCUT2D eigenvalue weighted by molar-refractivity contribution is 6.10. The molecule has 8 aromatic rings. The number of hydrogen-bond donors (Lipinski definition) is 0. The SMILES string of the molecule is c1ccc2c(c1)Oc1ccc(-c3ccc(-c4ccc(-c5ccc6c(c5)oc5ccccc56)cc4)cc3)c3cccc-2c13. The van der Waals surface area contributed by atoms with Crippen LogP contribution in [-0.4, -0.2) is 0 Å². The number of ether oxygens (including phenoxy) is 1. The van der Waals surface area contributed by atoms with E-state index in [1.54, 1.807) is 0 Å². The molecule has 2 heterocycles. The molecule has 0 saturated carbocycles. The zero-order chi connectivity index (χ0) is 27.6. The Hall–Kier alpha value is -5.60. The summed E-state index contributed by atoms with van der Waals surface area (Å²) in [5.41, 5.74) is 11.3. The molecule has 0 atom stereocenters. The Morgan fingerprint density at radius 2 is 0.952 bits per heavy atom. The van der Waals surface area contributed by atoms with Gasteiger partial charge in [-0.25, -0.2) is 0 Å². The van der Waals surface area contributed by atoms with E-state index in [0.717, 1.165) is 44.6 Å². The lowest BCUT2D eigenvalue weighted by Gasteiger charge is -2.22. The summed E-state index contributed by atoms with van der Waals surface area (Å²) in [6, 6.07) is 51.4. The van der Waals surface area contributed by atoms with Crippen molar-refractivity contribution in [3.63, 3.8) is 0 Å². The molecule has 0 spiro atoms. The van der Waals surface area contributed by atoms with Gasteiger partial charge in [0, 0.05) is 21.7 Å². The van der Waals surface area contributed by atoms with E-state index in [0.29, 0.717) is 0 Å². The minimum Gasteiger partial charge on any atom is -0.456 e. The van der Waals surface area contributed by atoms with Gasteiger partial charge < -0.3 is 9.15 Å². The van der Waals surface area contributed by atoms with Gasteiger partial charge in [-0.15, -0.1) is 0 Å². The van der Waals surface area contributed by atoms with Crippen LogP contribution in [0.4, 0.5) is 0 Å². The van der Waals surface area contributed by atoms with Crippen LogP contribution in [0.3, 0.4) is 0 Å². The van der Waals surface area contributed by atoms with Crippen molar-refractivity contribution in [1.29, 1.82) is 0 Å². The summed E-state index contributed by atoms with van der Waals surface area (Å²) in [5, 5.41) is 4.69. The Morgan fingerprint density at radius 1 is 0.333 bits per heavy atom. The molecule has 0 bridgehead atoms. The predicted octanol–water partition coefficient (Wildman–Crippen LogP) is 11.5. The lowest BCUT2D eigenvalue weighted by Crippen LogP contribution is -1.97. The van der Waals surface area contributed by atoms with Gasteiger partial charge in [0.05, 0.1) is 0 Å². The third kappa shape index (κ3) is 3.52. The molecule has 2 heteroatoms. The Balaban J connectivity index is 1.04. The maximum Gasteiger partial charge on any atom is 0.136 e. The zero-order valence-electron chi connectivity index (χ0n) is 22.7. The maximum atomic E-state index is 6.29. The Morgan fingerprint density at radius 3 is 1.79 bits per heavy atom. The van der Waals surface area contributed by atoms with Crippen LogP contribution in [0.2, 0.25) is 0 Å². The average molecular weight is 537 g/mol. The molecule has 0 aliphatic carbocycles. The number of hydrogen-bond acceptors (Lipinski definition) is 2. The van der Waals surface area contributed by atoms with E-state index in [-0.39, 0.29) is 0 Å². The van der Waals surface area contributed by atoms with Crippen molar-refractivity contribution in [2.75, 3.05) is 0 Å². The summed E-state index contributed by atoms with van der Waals surface area (Å²) in [5.74, 6) is 1.83. The number of para-hydroxylation sites is 2. The van der Waals surface area contributed by atoms with Crippen LogP contribution in [0, 0.1) is 0 Å². The Kier molecular flexibility index (Phi) is 4.93. The number of fused-ring (bicyclic) bond motifs is 5. The van der Waals surface area contributed by atoms with Gasteiger partial charge >= 0.3 is 0 Å². The minimum absolute atomic E-state index is 0.913. The standard InChI is InChI=1S/C40H24O2/c1-3-10-36-31(6-1)33-21-20-29(24-39(33)42-36)27-14-12-25(13-15-27)26-16-18-28(19-17-26)30-22-23-38-40-34(30)8-5-9-35(40)32-7-2-4-11-37(32)41-38/h1-24H. The average Bonchev–Trinajstić information content (AvgIpc) is 3.43. The molecule has 42 heavy (non-hydrogen) atoms. The van der Waals surface area contributed by atoms with E-state index in [2.05, 4.69) is 121 Å². The molecule has 9 rings (SSSR count). The lowest BCUT2D eigenvalue weighted by atomic mass is 9.90. The van der Waals surface area contributed by atoms with Gasteiger partial charge in [-0.1, -0.05) is 115 Å². The van der Waals surface area contributed by atoms with Crippen molar-refractivity contribution in [3.8, 4) is 56.0 Å². The molecule has 0 saturated heterocycles. The quantitative estimate of drug-likeness (QED) is 0.224. The number of rotatable bonds is 3. The van der Waals surface area contributed by atoms with E-state index >= 15 is 0 Å². The van der Waals surface area contributed by atoms with Crippen molar-refractivity contribution in [1.82, 2.24) is 0 Å². The molecular weight excluding hydrogens is 512 g/mol. The normalized spacial score (nSPS) is 12.0. The molecule has 1 aromatic heterocycles. The number of benzene rings is 7. The topological polar surface area (TPSA) is 22.4 Å². The monoisotopic (exact) mass is 536 g/mol. The number of furan rings is 1. The minimum atomic E-state index is 0.913. The lowest BCUT2D eigenvalue weighted by molar-refractivity contribution is 0.487. The van der Waals surface area contributed by atoms with Gasteiger partial charge in [-0.05, 0) is 74.7 Å². The highest BCUT2D eigenvalue weighted by Gasteiger charge is 2.21. The molecular formula is C40H24O2. The first-order valence-electron chi connectivity index (χ1n) is 14.3. The smallest absolute Gasteiger partial charge is 0.136 e. The summed E-state index contributed by atoms with van der Waals surface area (Å²) < 4.78 is 12.4. The van der Waals surface area contributed by atoms with Crippen LogP contribution in [0.25, 0.3) is 77.2 Å². The highest BCUT2D eigenvalue weighted by atomic mass is 16.5. The highest BCUT2D eigenvalue weighted by Crippen LogP contribution is 2.48. The van der Waals surface area contributed by atoms with Crippen molar-refractivity contribution < 1.29 is 9.15 Å². The van der Waals surface area contributed by atoms with Crippen LogP contribution >= 0.6 is 0 Å². The molecule has 0 unspecified atom stereocenters. The summed E-state index contributed by atoms with van der Waals surface area (Å²) in [6.45, 7) is 0. The van der Waals surface area contributed by atoms with Crippen LogP contribution in [-0.2, 0) is 0 Å². The molecule has 1 aliphatic rings. The van der Waals surface area contributed by atoms with Gasteiger partial charge in [0.25, 0.3) is 0 Å². The third-order valence-electron chi connectivity index (χ3n) is 8.53. The summed E-state index contributed by atoms with van der Waals surface area (Å²) in [7, 11) is 0. The van der Waals surface area contributed by atoms with E-state index in [1.165, 1.54) is 44.2 Å². The zero-order valence-corrected chi connectivity index (χ0v) is 22.7. The van der Waals surface area contributed by atoms with Crippen molar-refractivity contribution in [2.24, 2.45) is 0 Å². The fraction of sp³-hybridized carbons (Fsp3) is 0. The summed E-state index contributed by atoms with van der Waals surface area (Å²) >= 11 is 0. The van der Waals surface area contributed by atoms with Gasteiger partial charge in [0.1, 0.15) is 22.7 Å². The Bertz CT molecular complexity index is 2310. The van der Waals surface area contributed by atoms with Gasteiger partial charge in [-0.2, -0.15) is 0 Å². The molecule has 7 aromatic carbocycles. The molecule has 196 valence electrons. The summed E-state index contributed by atoms with van der Waals surface area (Å²) in [4.78, 5) is 0. The largest absolute Gasteiger partial charge is 0.456 e. The second kappa shape index (κ2) is 8.95. The van der Waals surface area contributed by atoms with E-state index in [9.17, 15) is 0 Å². The molecule has 0 N–H and O–H groups in total. The second-order valence-electron chi connectivity index (χ2n) is 10.9. The molecule has 1 aliphatic heterocycles. The van der Waals surface area contributed by atoms with Crippen LogP contribution in [0.15, 0.2) is 150 Å². The van der Waals surface area contributed by atoms with Crippen LogP contribution in [0.1, 0.15) is 0 Å². The third-order valence-corrected chi connectivity index (χ3v) is 8.53. The molecule has 0 radical (unpaired) electrons. The van der Waals surface area contributed by atoms with E-state index < -0.39 is 0 Å². The summed E-state index contributed by atoms with van der Waals surface area (Å²) in [6.07, 6.45) is 0. The van der Waals surface area contributed by atoms with E-state index in [4.69, 9.17) is 9.15 Å². The van der Waals surface area contributed by atoms with Gasteiger partial charge in [-0.3, -0.25) is 0 Å². The van der Waals surface area contributed by atoms with Crippen LogP contribution < -0.4 is 4.74 Å². The first-order chi connectivity index (χ1) is 20.8. The van der Waals surface area contributed by atoms with Gasteiger partial charge in [0.15, 0.2) is 0 Å². The first kappa shape index (κ1) is 23.1. The van der Waals surface area contributed by atoms with E-state index in [1.807, 2.05) is 24.3 Å². The Labute approximate surface area is 243 Å². The molecule has 0 fully saturated rings. The van der Waals surface area contributed by atoms with Crippen molar-refractivity contribution in [2.45, 2.75) is 0 Å². The van der Waals surface area contributed by atoms with Crippen molar-refractivity contribution in [3.05, 3.63) is 146 Å². The fourth-order valence-electron chi connectivity index (χ4n) is 6.44. The first-order valence-corrected chi connectivity index (χ1v) is 14.3. The molecule has 2 nitrogen and oxygen atoms in total. The fourth-order valence-corrected chi connectivity index (χ4v) is 6.44. The van der Waals surface area contributed by atoms with Crippen molar-refractivity contribution >= 4 is 32.7 Å². The van der Waals surface area contributed by atoms with Gasteiger partial charge in [0.2, 0.25) is 0 Å². The predicted molar refractivity (Wildman–Crippen MR) is 173 cm³/mol. The molecule has 0 amide bonds. The maximum absolute atomic E-state index is 6.29. The second-order valence-corrected chi connectivity index (χ2v) is 10.9.